The summed E-state index contributed by atoms with van der Waals surface area (Å²) in [5.41, 5.74) is 3.30. The summed E-state index contributed by atoms with van der Waals surface area (Å²) < 4.78 is 1.91. The highest BCUT2D eigenvalue weighted by molar-refractivity contribution is 6.35. The monoisotopic (exact) mass is 544 g/mol. The van der Waals surface area contributed by atoms with Crippen LogP contribution in [0, 0.1) is 18.8 Å². The molecular formula is C27H34Cl2N6O2. The van der Waals surface area contributed by atoms with E-state index in [4.69, 9.17) is 38.3 Å². The SMILES string of the molecule is Cc1nn(C(C)c2ccc(Cl)cc2Cl)c2nc(N3CC[C@H](N4CCC[C@@H](CC(=O)O)C4)[C@H](C)C3)cnc12. The maximum absolute atomic E-state index is 11.2. The van der Waals surface area contributed by atoms with E-state index in [1.165, 1.54) is 0 Å². The number of halogens is 2. The molecule has 8 nitrogen and oxygen atoms in total. The van der Waals surface area contributed by atoms with Crippen LogP contribution in [0.3, 0.4) is 0 Å². The fourth-order valence-corrected chi connectivity index (χ4v) is 6.70. The van der Waals surface area contributed by atoms with Gasteiger partial charge in [-0.3, -0.25) is 9.69 Å². The van der Waals surface area contributed by atoms with Crippen LogP contribution < -0.4 is 4.90 Å². The molecule has 4 atom stereocenters. The van der Waals surface area contributed by atoms with E-state index in [1.807, 2.05) is 29.9 Å². The third-order valence-electron chi connectivity index (χ3n) is 8.00. The predicted octanol–water partition coefficient (Wildman–Crippen LogP) is 5.45. The molecule has 3 aromatic rings. The lowest BCUT2D eigenvalue weighted by molar-refractivity contribution is -0.138. The fourth-order valence-electron chi connectivity index (χ4n) is 6.13. The summed E-state index contributed by atoms with van der Waals surface area (Å²) >= 11 is 12.6. The van der Waals surface area contributed by atoms with Gasteiger partial charge in [0.05, 0.1) is 17.9 Å². The normalized spacial score (nSPS) is 23.9. The molecule has 2 saturated heterocycles. The second-order valence-corrected chi connectivity index (χ2v) is 11.5. The molecule has 0 bridgehead atoms. The minimum Gasteiger partial charge on any atom is -0.481 e. The first kappa shape index (κ1) is 26.2. The van der Waals surface area contributed by atoms with E-state index in [9.17, 15) is 9.90 Å². The molecule has 0 spiro atoms. The number of hydrogen-bond acceptors (Lipinski definition) is 6. The zero-order valence-corrected chi connectivity index (χ0v) is 23.1. The van der Waals surface area contributed by atoms with Crippen LogP contribution >= 0.6 is 23.2 Å². The number of fused-ring (bicyclic) bond motifs is 1. The van der Waals surface area contributed by atoms with Gasteiger partial charge in [-0.05, 0) is 69.2 Å². The molecule has 37 heavy (non-hydrogen) atoms. The van der Waals surface area contributed by atoms with Crippen LogP contribution in [0.1, 0.15) is 56.8 Å². The van der Waals surface area contributed by atoms with E-state index < -0.39 is 5.97 Å². The molecule has 5 rings (SSSR count). The second-order valence-electron chi connectivity index (χ2n) is 10.7. The van der Waals surface area contributed by atoms with E-state index in [-0.39, 0.29) is 18.4 Å². The molecule has 1 aromatic carbocycles. The highest BCUT2D eigenvalue weighted by Crippen LogP contribution is 2.33. The second kappa shape index (κ2) is 10.8. The van der Waals surface area contributed by atoms with Crippen LogP contribution in [0.2, 0.25) is 10.0 Å². The van der Waals surface area contributed by atoms with Crippen molar-refractivity contribution in [3.8, 4) is 0 Å². The quantitative estimate of drug-likeness (QED) is 0.441. The maximum atomic E-state index is 11.2. The van der Waals surface area contributed by atoms with Crippen molar-refractivity contribution >= 4 is 46.2 Å². The van der Waals surface area contributed by atoms with E-state index in [2.05, 4.69) is 23.6 Å². The number of aliphatic carboxylic acids is 1. The number of anilines is 1. The number of rotatable bonds is 6. The average Bonchev–Trinajstić information content (AvgIpc) is 3.19. The fraction of sp³-hybridized carbons (Fsp3) is 0.556. The molecule has 2 aliphatic rings. The Morgan fingerprint density at radius 2 is 2.03 bits per heavy atom. The standard InChI is InChI=1S/C27H34Cl2N6O2/c1-16-14-34(10-8-23(16)33-9-4-5-19(15-33)11-25(36)37)24-13-30-26-17(2)32-35(27(26)31-24)18(3)21-7-6-20(28)12-22(21)29/h6-7,12-13,16,18-19,23H,4-5,8-11,14-15H2,1-3H3,(H,36,37)/t16-,18?,19+,23+/m1/s1. The van der Waals surface area contributed by atoms with Gasteiger partial charge in [-0.1, -0.05) is 36.2 Å². The van der Waals surface area contributed by atoms with Crippen molar-refractivity contribution in [3.05, 3.63) is 45.7 Å². The number of piperidine rings is 2. The van der Waals surface area contributed by atoms with Crippen LogP contribution in [-0.2, 0) is 4.79 Å². The van der Waals surface area contributed by atoms with Crippen molar-refractivity contribution in [1.82, 2.24) is 24.6 Å². The third kappa shape index (κ3) is 5.42. The smallest absolute Gasteiger partial charge is 0.303 e. The van der Waals surface area contributed by atoms with Gasteiger partial charge in [0, 0.05) is 42.1 Å². The number of benzene rings is 1. The van der Waals surface area contributed by atoms with Crippen molar-refractivity contribution in [2.24, 2.45) is 11.8 Å². The number of carboxylic acid groups (broad SMARTS) is 1. The first-order chi connectivity index (χ1) is 17.7. The van der Waals surface area contributed by atoms with Gasteiger partial charge in [0.15, 0.2) is 5.65 Å². The Bertz CT molecular complexity index is 1300. The number of aryl methyl sites for hydroxylation is 1. The lowest BCUT2D eigenvalue weighted by atomic mass is 9.87. The van der Waals surface area contributed by atoms with Crippen molar-refractivity contribution in [1.29, 1.82) is 0 Å². The molecule has 10 heteroatoms. The van der Waals surface area contributed by atoms with Gasteiger partial charge < -0.3 is 10.0 Å². The van der Waals surface area contributed by atoms with Crippen LogP contribution in [-0.4, -0.2) is 67.9 Å². The number of hydrogen-bond donors (Lipinski definition) is 1. The van der Waals surface area contributed by atoms with Gasteiger partial charge in [0.25, 0.3) is 0 Å². The van der Waals surface area contributed by atoms with Gasteiger partial charge in [0.2, 0.25) is 0 Å². The van der Waals surface area contributed by atoms with E-state index in [0.717, 1.165) is 73.7 Å². The first-order valence-electron chi connectivity index (χ1n) is 13.1. The first-order valence-corrected chi connectivity index (χ1v) is 13.8. The minimum absolute atomic E-state index is 0.131. The zero-order chi connectivity index (χ0) is 26.3. The summed E-state index contributed by atoms with van der Waals surface area (Å²) in [6, 6.07) is 5.86. The summed E-state index contributed by atoms with van der Waals surface area (Å²) in [5.74, 6) is 0.860. The average molecular weight is 546 g/mol. The number of nitrogens with zero attached hydrogens (tertiary/aromatic N) is 6. The molecule has 1 N–H and O–H groups in total. The zero-order valence-electron chi connectivity index (χ0n) is 21.6. The summed E-state index contributed by atoms with van der Waals surface area (Å²) in [7, 11) is 0. The molecule has 2 aliphatic heterocycles. The molecular weight excluding hydrogens is 511 g/mol. The summed E-state index contributed by atoms with van der Waals surface area (Å²) in [6.07, 6.45) is 5.24. The third-order valence-corrected chi connectivity index (χ3v) is 8.57. The Balaban J connectivity index is 1.35. The number of aromatic nitrogens is 4. The van der Waals surface area contributed by atoms with E-state index >= 15 is 0 Å². The lowest BCUT2D eigenvalue weighted by Crippen LogP contribution is -2.53. The Hall–Kier alpha value is -2.42. The maximum Gasteiger partial charge on any atom is 0.303 e. The summed E-state index contributed by atoms with van der Waals surface area (Å²) in [6.45, 7) is 10.0. The number of carbonyl (C=O) groups is 1. The van der Waals surface area contributed by atoms with Gasteiger partial charge in [-0.15, -0.1) is 0 Å². The molecule has 198 valence electrons. The summed E-state index contributed by atoms with van der Waals surface area (Å²) in [5, 5.41) is 15.2. The summed E-state index contributed by atoms with van der Waals surface area (Å²) in [4.78, 5) is 25.9. The van der Waals surface area contributed by atoms with E-state index in [1.54, 1.807) is 6.07 Å². The van der Waals surface area contributed by atoms with Gasteiger partial charge >= 0.3 is 5.97 Å². The molecule has 0 saturated carbocycles. The van der Waals surface area contributed by atoms with Crippen molar-refractivity contribution in [3.63, 3.8) is 0 Å². The van der Waals surface area contributed by atoms with Gasteiger partial charge in [0.1, 0.15) is 11.3 Å². The number of likely N-dealkylation sites (tertiary alicyclic amines) is 1. The topological polar surface area (TPSA) is 87.4 Å². The van der Waals surface area contributed by atoms with Crippen LogP contribution in [0.25, 0.3) is 11.2 Å². The minimum atomic E-state index is -0.689. The van der Waals surface area contributed by atoms with Crippen LogP contribution in [0.4, 0.5) is 5.82 Å². The molecule has 1 unspecified atom stereocenters. The Kier molecular flexibility index (Phi) is 7.61. The van der Waals surface area contributed by atoms with Crippen molar-refractivity contribution in [2.75, 3.05) is 31.1 Å². The van der Waals surface area contributed by atoms with E-state index in [0.29, 0.717) is 22.0 Å². The Morgan fingerprint density at radius 1 is 1.22 bits per heavy atom. The predicted molar refractivity (Wildman–Crippen MR) is 147 cm³/mol. The van der Waals surface area contributed by atoms with Crippen molar-refractivity contribution in [2.45, 2.75) is 58.5 Å². The number of carboxylic acids is 1. The van der Waals surface area contributed by atoms with Crippen LogP contribution in [0.5, 0.6) is 0 Å². The largest absolute Gasteiger partial charge is 0.481 e. The van der Waals surface area contributed by atoms with Crippen molar-refractivity contribution < 1.29 is 9.90 Å². The molecule has 0 radical (unpaired) electrons. The molecule has 4 heterocycles. The lowest BCUT2D eigenvalue weighted by Gasteiger charge is -2.45. The van der Waals surface area contributed by atoms with Gasteiger partial charge in [-0.2, -0.15) is 5.10 Å². The highest BCUT2D eigenvalue weighted by Gasteiger charge is 2.34. The molecule has 0 amide bonds. The van der Waals surface area contributed by atoms with Gasteiger partial charge in [-0.25, -0.2) is 14.6 Å². The Labute approximate surface area is 227 Å². The Morgan fingerprint density at radius 3 is 2.76 bits per heavy atom. The molecule has 2 fully saturated rings. The molecule has 0 aliphatic carbocycles. The van der Waals surface area contributed by atoms with Crippen LogP contribution in [0.15, 0.2) is 24.4 Å². The molecule has 2 aromatic heterocycles. The highest BCUT2D eigenvalue weighted by atomic mass is 35.5.